The summed E-state index contributed by atoms with van der Waals surface area (Å²) in [6.45, 7) is 2.63. The van der Waals surface area contributed by atoms with Crippen molar-refractivity contribution in [2.45, 2.75) is 25.0 Å². The molecule has 5 rings (SSSR count). The molecule has 0 atom stereocenters. The highest BCUT2D eigenvalue weighted by atomic mass is 32.2. The van der Waals surface area contributed by atoms with E-state index in [-0.39, 0.29) is 4.90 Å². The summed E-state index contributed by atoms with van der Waals surface area (Å²) < 4.78 is 40.2. The molecule has 198 valence electrons. The van der Waals surface area contributed by atoms with Gasteiger partial charge in [-0.3, -0.25) is 9.71 Å². The summed E-state index contributed by atoms with van der Waals surface area (Å²) in [4.78, 5) is 4.92. The average Bonchev–Trinajstić information content (AvgIpc) is 2.96. The van der Waals surface area contributed by atoms with Gasteiger partial charge < -0.3 is 14.8 Å². The van der Waals surface area contributed by atoms with Gasteiger partial charge in [-0.15, -0.1) is 0 Å². The normalized spacial score (nSPS) is 11.2. The summed E-state index contributed by atoms with van der Waals surface area (Å²) in [7, 11) is -2.17. The number of nitrogens with one attached hydrogen (secondary N) is 2. The van der Waals surface area contributed by atoms with Gasteiger partial charge in [-0.1, -0.05) is 48.0 Å². The average molecular weight is 540 g/mol. The minimum atomic E-state index is -3.79. The van der Waals surface area contributed by atoms with Crippen LogP contribution in [0.25, 0.3) is 10.9 Å². The van der Waals surface area contributed by atoms with E-state index < -0.39 is 10.0 Å². The van der Waals surface area contributed by atoms with Crippen LogP contribution >= 0.6 is 0 Å². The number of ether oxygens (including phenoxy) is 2. The Morgan fingerprint density at radius 1 is 0.795 bits per heavy atom. The van der Waals surface area contributed by atoms with Gasteiger partial charge in [-0.25, -0.2) is 8.42 Å². The molecule has 4 aromatic carbocycles. The number of anilines is 2. The second-order valence-electron chi connectivity index (χ2n) is 9.11. The van der Waals surface area contributed by atoms with E-state index >= 15 is 0 Å². The van der Waals surface area contributed by atoms with Crippen molar-refractivity contribution in [2.75, 3.05) is 17.1 Å². The minimum Gasteiger partial charge on any atom is -0.497 e. The molecule has 0 spiro atoms. The first-order valence-electron chi connectivity index (χ1n) is 12.5. The Bertz CT molecular complexity index is 1690. The largest absolute Gasteiger partial charge is 0.497 e. The monoisotopic (exact) mass is 539 g/mol. The highest BCUT2D eigenvalue weighted by Crippen LogP contribution is 2.28. The van der Waals surface area contributed by atoms with Gasteiger partial charge in [-0.05, 0) is 73.2 Å². The van der Waals surface area contributed by atoms with E-state index in [9.17, 15) is 8.42 Å². The molecule has 0 aliphatic heterocycles. The summed E-state index contributed by atoms with van der Waals surface area (Å²) in [5.74, 6) is 1.45. The third-order valence-electron chi connectivity index (χ3n) is 6.24. The second-order valence-corrected chi connectivity index (χ2v) is 10.8. The van der Waals surface area contributed by atoms with Crippen LogP contribution in [0.1, 0.15) is 16.8 Å². The molecule has 1 heterocycles. The molecule has 0 unspecified atom stereocenters. The van der Waals surface area contributed by atoms with Crippen molar-refractivity contribution >= 4 is 32.3 Å². The molecule has 0 radical (unpaired) electrons. The van der Waals surface area contributed by atoms with Crippen LogP contribution in [0.3, 0.4) is 0 Å². The number of methoxy groups -OCH3 is 1. The van der Waals surface area contributed by atoms with Crippen molar-refractivity contribution in [3.63, 3.8) is 0 Å². The summed E-state index contributed by atoms with van der Waals surface area (Å²) in [6.07, 6.45) is 0. The number of sulfonamides is 1. The van der Waals surface area contributed by atoms with Crippen molar-refractivity contribution in [3.8, 4) is 11.5 Å². The third kappa shape index (κ3) is 6.48. The van der Waals surface area contributed by atoms with Crippen LogP contribution in [-0.4, -0.2) is 20.5 Å². The summed E-state index contributed by atoms with van der Waals surface area (Å²) in [6, 6.07) is 31.5. The van der Waals surface area contributed by atoms with Gasteiger partial charge in [0, 0.05) is 5.39 Å². The number of pyridine rings is 1. The SMILES string of the molecule is COc1ccc(OCc2ccc(NS(=O)(=O)c3ccc(C)cc3)c(NCc3ccc4ccccc4n3)c2)cc1. The number of hydrogen-bond donors (Lipinski definition) is 2. The van der Waals surface area contributed by atoms with E-state index in [1.165, 1.54) is 0 Å². The molecule has 0 aliphatic rings. The van der Waals surface area contributed by atoms with Crippen molar-refractivity contribution in [3.05, 3.63) is 120 Å². The van der Waals surface area contributed by atoms with Gasteiger partial charge in [0.15, 0.2) is 0 Å². The van der Waals surface area contributed by atoms with Gasteiger partial charge in [0.2, 0.25) is 0 Å². The first kappa shape index (κ1) is 26.1. The molecule has 0 aliphatic carbocycles. The van der Waals surface area contributed by atoms with Crippen molar-refractivity contribution < 1.29 is 17.9 Å². The topological polar surface area (TPSA) is 89.5 Å². The molecule has 39 heavy (non-hydrogen) atoms. The fraction of sp³-hybridized carbons (Fsp3) is 0.129. The predicted octanol–water partition coefficient (Wildman–Crippen LogP) is 6.54. The van der Waals surface area contributed by atoms with Crippen LogP contribution in [0.5, 0.6) is 11.5 Å². The Morgan fingerprint density at radius 3 is 2.31 bits per heavy atom. The van der Waals surface area contributed by atoms with Crippen LogP contribution in [0, 0.1) is 6.92 Å². The van der Waals surface area contributed by atoms with E-state index in [2.05, 4.69) is 10.0 Å². The zero-order chi connectivity index (χ0) is 27.2. The molecular formula is C31H29N3O4S. The van der Waals surface area contributed by atoms with Crippen molar-refractivity contribution in [1.82, 2.24) is 4.98 Å². The predicted molar refractivity (Wildman–Crippen MR) is 155 cm³/mol. The lowest BCUT2D eigenvalue weighted by Gasteiger charge is -2.16. The zero-order valence-corrected chi connectivity index (χ0v) is 22.5. The Balaban J connectivity index is 1.39. The fourth-order valence-electron chi connectivity index (χ4n) is 4.07. The van der Waals surface area contributed by atoms with E-state index in [0.717, 1.165) is 33.5 Å². The molecule has 5 aromatic rings. The zero-order valence-electron chi connectivity index (χ0n) is 21.7. The molecule has 7 nitrogen and oxygen atoms in total. The van der Waals surface area contributed by atoms with Crippen LogP contribution in [0.15, 0.2) is 108 Å². The molecule has 0 saturated carbocycles. The number of hydrogen-bond acceptors (Lipinski definition) is 6. The lowest BCUT2D eigenvalue weighted by molar-refractivity contribution is 0.305. The van der Waals surface area contributed by atoms with Gasteiger partial charge >= 0.3 is 0 Å². The maximum absolute atomic E-state index is 13.1. The number of rotatable bonds is 10. The first-order chi connectivity index (χ1) is 18.9. The fourth-order valence-corrected chi connectivity index (χ4v) is 5.15. The number of nitrogens with zero attached hydrogens (tertiary/aromatic N) is 1. The molecule has 0 bridgehead atoms. The molecule has 0 amide bonds. The maximum atomic E-state index is 13.1. The highest BCUT2D eigenvalue weighted by molar-refractivity contribution is 7.92. The lowest BCUT2D eigenvalue weighted by atomic mass is 10.1. The number of aromatic nitrogens is 1. The van der Waals surface area contributed by atoms with Gasteiger partial charge in [0.1, 0.15) is 18.1 Å². The van der Waals surface area contributed by atoms with Crippen LogP contribution in [0.4, 0.5) is 11.4 Å². The van der Waals surface area contributed by atoms with Gasteiger partial charge in [0.25, 0.3) is 10.0 Å². The Hall–Kier alpha value is -4.56. The standard InChI is InChI=1S/C31H29N3O4S/c1-22-7-16-28(17-8-22)39(35,36)34-30-18-9-23(21-38-27-14-12-26(37-2)13-15-27)19-31(30)32-20-25-11-10-24-5-3-4-6-29(24)33-25/h3-19,32,34H,20-21H2,1-2H3. The van der Waals surface area contributed by atoms with Gasteiger partial charge in [-0.2, -0.15) is 0 Å². The summed E-state index contributed by atoms with van der Waals surface area (Å²) >= 11 is 0. The summed E-state index contributed by atoms with van der Waals surface area (Å²) in [5, 5.41) is 4.43. The first-order valence-corrected chi connectivity index (χ1v) is 14.0. The lowest BCUT2D eigenvalue weighted by Crippen LogP contribution is -2.15. The quantitative estimate of drug-likeness (QED) is 0.209. The minimum absolute atomic E-state index is 0.196. The number of para-hydroxylation sites is 1. The number of fused-ring (bicyclic) bond motifs is 1. The maximum Gasteiger partial charge on any atom is 0.261 e. The van der Waals surface area contributed by atoms with E-state index in [4.69, 9.17) is 14.5 Å². The van der Waals surface area contributed by atoms with E-state index in [1.807, 2.05) is 79.7 Å². The molecule has 1 aromatic heterocycles. The third-order valence-corrected chi connectivity index (χ3v) is 7.62. The molecule has 2 N–H and O–H groups in total. The van der Waals surface area contributed by atoms with Crippen LogP contribution < -0.4 is 19.5 Å². The number of aryl methyl sites for hydroxylation is 1. The Morgan fingerprint density at radius 2 is 1.54 bits per heavy atom. The smallest absolute Gasteiger partial charge is 0.261 e. The van der Waals surface area contributed by atoms with Crippen LogP contribution in [0.2, 0.25) is 0 Å². The molecule has 0 fully saturated rings. The summed E-state index contributed by atoms with van der Waals surface area (Å²) in [5.41, 5.74) is 4.65. The Labute approximate surface area is 228 Å². The molecule has 0 saturated heterocycles. The van der Waals surface area contributed by atoms with E-state index in [1.54, 1.807) is 37.4 Å². The second kappa shape index (κ2) is 11.4. The number of benzene rings is 4. The van der Waals surface area contributed by atoms with Gasteiger partial charge in [0.05, 0.1) is 41.1 Å². The highest BCUT2D eigenvalue weighted by Gasteiger charge is 2.17. The molecular weight excluding hydrogens is 510 g/mol. The molecule has 8 heteroatoms. The van der Waals surface area contributed by atoms with E-state index in [0.29, 0.717) is 30.3 Å². The van der Waals surface area contributed by atoms with Crippen molar-refractivity contribution in [2.24, 2.45) is 0 Å². The van der Waals surface area contributed by atoms with Crippen molar-refractivity contribution in [1.29, 1.82) is 0 Å². The Kier molecular flexibility index (Phi) is 7.65. The van der Waals surface area contributed by atoms with Crippen LogP contribution in [-0.2, 0) is 23.2 Å².